The van der Waals surface area contributed by atoms with Gasteiger partial charge in [-0.3, -0.25) is 5.10 Å². The van der Waals surface area contributed by atoms with Crippen molar-refractivity contribution in [3.05, 3.63) is 66.1 Å². The second kappa shape index (κ2) is 6.40. The van der Waals surface area contributed by atoms with E-state index in [9.17, 15) is 0 Å². The molecule has 7 heteroatoms. The average molecular weight is 411 g/mol. The third-order valence-electron chi connectivity index (χ3n) is 5.65. The number of hydrogen-bond acceptors (Lipinski definition) is 4. The van der Waals surface area contributed by atoms with Crippen LogP contribution in [0.3, 0.4) is 0 Å². The summed E-state index contributed by atoms with van der Waals surface area (Å²) in [5.41, 5.74) is 7.02. The van der Waals surface area contributed by atoms with E-state index in [1.165, 1.54) is 15.8 Å². The molecule has 0 spiro atoms. The highest BCUT2D eigenvalue weighted by molar-refractivity contribution is 7.13. The number of nitrogens with one attached hydrogen (secondary N) is 2. The first-order valence-electron chi connectivity index (χ1n) is 9.68. The van der Waals surface area contributed by atoms with Crippen molar-refractivity contribution in [2.24, 2.45) is 7.05 Å². The van der Waals surface area contributed by atoms with Gasteiger partial charge in [-0.05, 0) is 36.6 Å². The minimum atomic E-state index is 0.699. The van der Waals surface area contributed by atoms with Crippen LogP contribution in [0, 0.1) is 6.92 Å². The zero-order chi connectivity index (χ0) is 20.2. The molecule has 0 aliphatic rings. The van der Waals surface area contributed by atoms with Gasteiger partial charge in [-0.15, -0.1) is 11.3 Å². The van der Waals surface area contributed by atoms with Crippen molar-refractivity contribution < 1.29 is 0 Å². The highest BCUT2D eigenvalue weighted by atomic mass is 32.1. The second-order valence-corrected chi connectivity index (χ2v) is 8.32. The molecule has 0 amide bonds. The van der Waals surface area contributed by atoms with Crippen molar-refractivity contribution in [1.29, 1.82) is 0 Å². The fourth-order valence-corrected chi connectivity index (χ4v) is 4.72. The predicted molar refractivity (Wildman–Crippen MR) is 121 cm³/mol. The number of H-pyrrole nitrogens is 2. The lowest BCUT2D eigenvalue weighted by Crippen LogP contribution is -1.94. The average Bonchev–Trinajstić information content (AvgIpc) is 3.54. The van der Waals surface area contributed by atoms with Gasteiger partial charge in [-0.2, -0.15) is 5.10 Å². The lowest BCUT2D eigenvalue weighted by Gasteiger charge is -2.04. The lowest BCUT2D eigenvalue weighted by molar-refractivity contribution is 0.865. The van der Waals surface area contributed by atoms with E-state index in [1.807, 2.05) is 26.4 Å². The number of rotatable bonds is 3. The van der Waals surface area contributed by atoms with Crippen molar-refractivity contribution in [3.8, 4) is 33.1 Å². The zero-order valence-electron chi connectivity index (χ0n) is 16.5. The molecule has 6 nitrogen and oxygen atoms in total. The van der Waals surface area contributed by atoms with Crippen molar-refractivity contribution in [2.45, 2.75) is 6.92 Å². The molecular weight excluding hydrogens is 392 g/mol. The number of pyridine rings is 1. The molecule has 0 saturated heterocycles. The maximum absolute atomic E-state index is 4.57. The van der Waals surface area contributed by atoms with Crippen LogP contribution in [0.1, 0.15) is 5.82 Å². The van der Waals surface area contributed by atoms with Crippen LogP contribution in [0.2, 0.25) is 0 Å². The molecule has 0 saturated carbocycles. The summed E-state index contributed by atoms with van der Waals surface area (Å²) in [6.45, 7) is 1.99. The Labute approximate surface area is 176 Å². The largest absolute Gasteiger partial charge is 0.353 e. The summed E-state index contributed by atoms with van der Waals surface area (Å²) in [7, 11) is 2.02. The number of fused-ring (bicyclic) bond motifs is 2. The molecule has 2 N–H and O–H groups in total. The topological polar surface area (TPSA) is 75.2 Å². The normalized spacial score (nSPS) is 11.7. The van der Waals surface area contributed by atoms with Gasteiger partial charge in [0, 0.05) is 45.5 Å². The molecule has 1 aromatic carbocycles. The van der Waals surface area contributed by atoms with Gasteiger partial charge >= 0.3 is 0 Å². The summed E-state index contributed by atoms with van der Waals surface area (Å²) in [5.74, 6) is 0.967. The van der Waals surface area contributed by atoms with Crippen molar-refractivity contribution in [3.63, 3.8) is 0 Å². The molecule has 0 fully saturated rings. The van der Waals surface area contributed by atoms with E-state index in [1.54, 1.807) is 11.3 Å². The van der Waals surface area contributed by atoms with Gasteiger partial charge in [0.05, 0.1) is 23.3 Å². The summed E-state index contributed by atoms with van der Waals surface area (Å²) in [6, 6.07) is 14.9. The highest BCUT2D eigenvalue weighted by Crippen LogP contribution is 2.36. The second-order valence-electron chi connectivity index (χ2n) is 7.37. The van der Waals surface area contributed by atoms with E-state index in [0.29, 0.717) is 5.65 Å². The molecule has 6 rings (SSSR count). The Hall–Kier alpha value is -3.71. The number of imidazole rings is 1. The SMILES string of the molecule is Cc1ncc(-c2cnc3n[nH]c(-c4cc5c(-c6cccs6)cccc5[nH]4)c3c2)n1C. The quantitative estimate of drug-likeness (QED) is 0.402. The summed E-state index contributed by atoms with van der Waals surface area (Å²) < 4.78 is 2.07. The number of aryl methyl sites for hydroxylation is 1. The Bertz CT molecular complexity index is 1520. The minimum absolute atomic E-state index is 0.699. The van der Waals surface area contributed by atoms with E-state index in [-0.39, 0.29) is 0 Å². The van der Waals surface area contributed by atoms with E-state index in [4.69, 9.17) is 0 Å². The molecule has 0 radical (unpaired) electrons. The first-order chi connectivity index (χ1) is 14.7. The molecule has 0 aliphatic heterocycles. The molecular formula is C23H18N6S. The van der Waals surface area contributed by atoms with Crippen molar-refractivity contribution in [1.82, 2.24) is 29.7 Å². The van der Waals surface area contributed by atoms with Crippen LogP contribution in [0.25, 0.3) is 55.0 Å². The number of nitrogens with zero attached hydrogens (tertiary/aromatic N) is 4. The van der Waals surface area contributed by atoms with Crippen LogP contribution in [0.4, 0.5) is 0 Å². The van der Waals surface area contributed by atoms with Gasteiger partial charge in [0.2, 0.25) is 0 Å². The smallest absolute Gasteiger partial charge is 0.181 e. The fraction of sp³-hybridized carbons (Fsp3) is 0.0870. The summed E-state index contributed by atoms with van der Waals surface area (Å²) >= 11 is 1.75. The van der Waals surface area contributed by atoms with Crippen LogP contribution in [0.5, 0.6) is 0 Å². The van der Waals surface area contributed by atoms with Crippen LogP contribution >= 0.6 is 11.3 Å². The standard InChI is InChI=1S/C23H18N6S/c1-13-24-12-20(29(13)2)14-9-17-22(27-28-23(17)25-11-14)19-10-16-15(21-7-4-8-30-21)5-3-6-18(16)26-19/h3-12,26H,1-2H3,(H,25,27,28). The first-order valence-corrected chi connectivity index (χ1v) is 10.6. The lowest BCUT2D eigenvalue weighted by atomic mass is 10.1. The van der Waals surface area contributed by atoms with Gasteiger partial charge in [0.1, 0.15) is 5.82 Å². The van der Waals surface area contributed by atoms with E-state index in [0.717, 1.165) is 39.4 Å². The van der Waals surface area contributed by atoms with Gasteiger partial charge in [-0.1, -0.05) is 18.2 Å². The molecule has 6 aromatic rings. The van der Waals surface area contributed by atoms with Gasteiger partial charge in [0.25, 0.3) is 0 Å². The molecule has 0 unspecified atom stereocenters. The first kappa shape index (κ1) is 17.2. The van der Waals surface area contributed by atoms with Crippen LogP contribution in [0.15, 0.2) is 60.2 Å². The Morgan fingerprint density at radius 1 is 1.00 bits per heavy atom. The predicted octanol–water partition coefficient (Wildman–Crippen LogP) is 5.54. The molecule has 146 valence electrons. The van der Waals surface area contributed by atoms with Crippen molar-refractivity contribution >= 4 is 33.3 Å². The molecule has 0 bridgehead atoms. The Kier molecular flexibility index (Phi) is 3.66. The van der Waals surface area contributed by atoms with Crippen LogP contribution < -0.4 is 0 Å². The third-order valence-corrected chi connectivity index (χ3v) is 6.55. The highest BCUT2D eigenvalue weighted by Gasteiger charge is 2.15. The van der Waals surface area contributed by atoms with Crippen LogP contribution in [-0.4, -0.2) is 29.7 Å². The fourth-order valence-electron chi connectivity index (χ4n) is 3.95. The number of benzene rings is 1. The summed E-state index contributed by atoms with van der Waals surface area (Å²) in [6.07, 6.45) is 3.73. The molecule has 0 atom stereocenters. The van der Waals surface area contributed by atoms with Crippen LogP contribution in [-0.2, 0) is 7.05 Å². The summed E-state index contributed by atoms with van der Waals surface area (Å²) in [4.78, 5) is 13.8. The maximum atomic E-state index is 4.57. The van der Waals surface area contributed by atoms with Gasteiger partial charge in [-0.25, -0.2) is 9.97 Å². The maximum Gasteiger partial charge on any atom is 0.181 e. The Balaban J connectivity index is 1.53. The minimum Gasteiger partial charge on any atom is -0.353 e. The number of aromatic nitrogens is 6. The molecule has 30 heavy (non-hydrogen) atoms. The summed E-state index contributed by atoms with van der Waals surface area (Å²) in [5, 5.41) is 11.9. The Morgan fingerprint density at radius 3 is 2.73 bits per heavy atom. The van der Waals surface area contributed by atoms with Gasteiger partial charge in [0.15, 0.2) is 5.65 Å². The monoisotopic (exact) mass is 410 g/mol. The number of aromatic amines is 2. The van der Waals surface area contributed by atoms with Crippen molar-refractivity contribution in [2.75, 3.05) is 0 Å². The Morgan fingerprint density at radius 2 is 1.93 bits per heavy atom. The molecule has 5 heterocycles. The zero-order valence-corrected chi connectivity index (χ0v) is 17.3. The van der Waals surface area contributed by atoms with E-state index in [2.05, 4.69) is 77.6 Å². The van der Waals surface area contributed by atoms with Gasteiger partial charge < -0.3 is 9.55 Å². The number of hydrogen-bond donors (Lipinski definition) is 2. The molecule has 0 aliphatic carbocycles. The van der Waals surface area contributed by atoms with E-state index >= 15 is 0 Å². The van der Waals surface area contributed by atoms with E-state index < -0.39 is 0 Å². The number of thiophene rings is 1. The molecule has 5 aromatic heterocycles. The third kappa shape index (κ3) is 2.52.